The highest BCUT2D eigenvalue weighted by Gasteiger charge is 2.43. The molecule has 7 aromatic carbocycles. The standard InChI is InChI=1S/C22H26N2O4S.C16H15NO3S.C12H14O6S.C12H16O5.C8H10O.C5H8O2.CH4O/c1-15(25)28-20-21(16-9-11-17(27-4)12-10-16)29-19-8-6-5-7-18(19)24(22(20)26)14-13-23(2)3;1-20-11-8-6-10(7-9-11)15-14(18)16(19)17-12-4-2-3-5-13(12)21-15;1-3-16-12(13)11-10(17-19(14)18-11)8-4-6-9(15-2)7-5-8;1-3-17-12(15)11(14)10(13)8-4-6-9(16-2)7-5-8;1-7-3-5-8(9-2)6-4-7;1-3-5(6)7-4-2;1-2/h5-12,20-21H,13-14H2,1-4H3;2-9,14-15,18H,1H3,(H,17,19);4-7,10-11H,3H2,1-2H3;4-7,10-11,13-14H,3H2,1-2H3;3-6H,1-2H3;3H,1,4H2,2H3;2H,1H3/t20-,21+;14-,15+;10-,11+,19?;10-,11-;;;/m1110.../s1. The Kier molecular flexibility index (Phi) is 38.8. The normalized spacial score (nSPS) is 17.9. The van der Waals surface area contributed by atoms with Crippen molar-refractivity contribution in [1.29, 1.82) is 0 Å². The number of hydrogen-bond acceptors (Lipinski definition) is 25. The van der Waals surface area contributed by atoms with Gasteiger partial charge in [0.2, 0.25) is 6.10 Å². The van der Waals surface area contributed by atoms with Crippen LogP contribution >= 0.6 is 23.5 Å². The monoisotopic (exact) mass is 1500 g/mol. The first-order valence-electron chi connectivity index (χ1n) is 32.5. The van der Waals surface area contributed by atoms with Crippen molar-refractivity contribution in [2.24, 2.45) is 0 Å². The number of ether oxygens (including phenoxy) is 9. The number of esters is 4. The van der Waals surface area contributed by atoms with Crippen LogP contribution in [0.3, 0.4) is 0 Å². The molecule has 1 fully saturated rings. The Bertz CT molecular complexity index is 3800. The zero-order valence-corrected chi connectivity index (χ0v) is 62.8. The van der Waals surface area contributed by atoms with E-state index >= 15 is 0 Å². The van der Waals surface area contributed by atoms with E-state index in [4.69, 9.17) is 46.6 Å². The Morgan fingerprint density at radius 3 is 1.55 bits per heavy atom. The molecule has 3 heterocycles. The van der Waals surface area contributed by atoms with Gasteiger partial charge in [0.15, 0.2) is 12.2 Å². The van der Waals surface area contributed by atoms with Crippen LogP contribution in [-0.2, 0) is 67.4 Å². The number of amides is 2. The molecule has 562 valence electrons. The number of fused-ring (bicyclic) bond motifs is 2. The highest BCUT2D eigenvalue weighted by Crippen LogP contribution is 2.48. The Balaban J connectivity index is 0.000000276. The second kappa shape index (κ2) is 46.4. The number of para-hydroxylation sites is 2. The Hall–Kier alpha value is -9.33. The zero-order chi connectivity index (χ0) is 76.8. The molecule has 0 radical (unpaired) electrons. The molecule has 3 aliphatic heterocycles. The number of carbonyl (C=O) groups excluding carboxylic acids is 6. The maximum absolute atomic E-state index is 13.6. The van der Waals surface area contributed by atoms with Gasteiger partial charge in [-0.15, -0.1) is 23.5 Å². The number of likely N-dealkylation sites (N-methyl/N-ethyl adjacent to an activating group) is 1. The average Bonchev–Trinajstić information content (AvgIpc) is 1.64. The molecule has 10 rings (SSSR count). The first kappa shape index (κ1) is 87.1. The molecule has 0 bridgehead atoms. The maximum Gasteiger partial charge on any atom is 0.339 e. The van der Waals surface area contributed by atoms with Crippen LogP contribution < -0.4 is 33.9 Å². The number of aliphatic hydroxyl groups is 4. The molecule has 0 aromatic heterocycles. The number of methoxy groups -OCH3 is 5. The molecule has 2 amide bonds. The fourth-order valence-corrected chi connectivity index (χ4v) is 12.7. The summed E-state index contributed by atoms with van der Waals surface area (Å²) < 4.78 is 66.2. The van der Waals surface area contributed by atoms with Crippen molar-refractivity contribution in [3.63, 3.8) is 0 Å². The summed E-state index contributed by atoms with van der Waals surface area (Å²) in [7, 11) is 12.9. The molecule has 0 aliphatic carbocycles. The van der Waals surface area contributed by atoms with Crippen molar-refractivity contribution in [3.05, 3.63) is 210 Å². The van der Waals surface area contributed by atoms with Crippen molar-refractivity contribution in [1.82, 2.24) is 4.90 Å². The van der Waals surface area contributed by atoms with Gasteiger partial charge in [-0.1, -0.05) is 97.1 Å². The fraction of sp³-hybridized carbons (Fsp3) is 0.342. The lowest BCUT2D eigenvalue weighted by Gasteiger charge is -2.28. The van der Waals surface area contributed by atoms with Gasteiger partial charge in [-0.05, 0) is 149 Å². The minimum absolute atomic E-state index is 0.158. The van der Waals surface area contributed by atoms with Gasteiger partial charge in [-0.25, -0.2) is 18.6 Å². The van der Waals surface area contributed by atoms with E-state index in [9.17, 15) is 48.3 Å². The van der Waals surface area contributed by atoms with Crippen LogP contribution in [0.15, 0.2) is 192 Å². The van der Waals surface area contributed by atoms with E-state index in [0.717, 1.165) is 62.7 Å². The number of hydrogen-bond donors (Lipinski definition) is 5. The van der Waals surface area contributed by atoms with Crippen LogP contribution in [-0.4, -0.2) is 179 Å². The molecule has 0 saturated carbocycles. The van der Waals surface area contributed by atoms with E-state index in [1.54, 1.807) is 114 Å². The van der Waals surface area contributed by atoms with Crippen LogP contribution in [0.2, 0.25) is 0 Å². The molecule has 0 spiro atoms. The van der Waals surface area contributed by atoms with E-state index in [0.29, 0.717) is 42.3 Å². The molecule has 1 saturated heterocycles. The maximum atomic E-state index is 13.6. The zero-order valence-electron chi connectivity index (χ0n) is 60.4. The Labute approximate surface area is 618 Å². The summed E-state index contributed by atoms with van der Waals surface area (Å²) in [4.78, 5) is 76.2. The SMILES string of the molecule is C=CC(=O)OCC.CCOC(=O)[C@@H](O)[C@@H](O)c1ccc(OC)cc1.CCOC(=O)[C@H]1OS(=O)O[C@@H]1c1ccc(OC)cc1.CO.COc1ccc(C)cc1.COc1ccc([C@@H]2Sc3ccccc3N(CCN(C)C)C(=O)[C@@H]2OC(C)=O)cc1.COc1ccc([C@@H]2Sc3ccccc3NC(=O)[C@@H]2O)cc1. The number of thioether (sulfide) groups is 2. The van der Waals surface area contributed by atoms with Crippen LogP contribution in [0.25, 0.3) is 0 Å². The lowest BCUT2D eigenvalue weighted by molar-refractivity contribution is -0.159. The Morgan fingerprint density at radius 2 is 1.08 bits per heavy atom. The van der Waals surface area contributed by atoms with Gasteiger partial charge in [0.25, 0.3) is 11.8 Å². The van der Waals surface area contributed by atoms with E-state index < -0.39 is 65.9 Å². The largest absolute Gasteiger partial charge is 0.497 e. The molecular weight excluding hydrogens is 1400 g/mol. The van der Waals surface area contributed by atoms with Gasteiger partial charge in [-0.2, -0.15) is 4.21 Å². The number of carbonyl (C=O) groups is 6. The summed E-state index contributed by atoms with van der Waals surface area (Å²) >= 11 is 1.08. The molecule has 5 N–H and O–H groups in total. The number of rotatable bonds is 20. The lowest BCUT2D eigenvalue weighted by Crippen LogP contribution is -2.45. The summed E-state index contributed by atoms with van der Waals surface area (Å²) in [6.07, 6.45) is -5.52. The van der Waals surface area contributed by atoms with Gasteiger partial charge in [-0.3, -0.25) is 18.6 Å². The van der Waals surface area contributed by atoms with Crippen molar-refractivity contribution < 1.29 is 104 Å². The molecule has 1 unspecified atom stereocenters. The van der Waals surface area contributed by atoms with Crippen molar-refractivity contribution in [3.8, 4) is 28.7 Å². The van der Waals surface area contributed by atoms with E-state index in [1.807, 2.05) is 140 Å². The number of benzene rings is 7. The highest BCUT2D eigenvalue weighted by atomic mass is 32.2. The predicted octanol–water partition coefficient (Wildman–Crippen LogP) is 10.5. The minimum Gasteiger partial charge on any atom is -0.497 e. The second-order valence-corrected chi connectivity index (χ2v) is 25.2. The van der Waals surface area contributed by atoms with Crippen molar-refractivity contribution >= 4 is 82.0 Å². The first-order valence-corrected chi connectivity index (χ1v) is 35.2. The quantitative estimate of drug-likeness (QED) is 0.0269. The van der Waals surface area contributed by atoms with Crippen LogP contribution in [0.4, 0.5) is 11.4 Å². The van der Waals surface area contributed by atoms with Crippen molar-refractivity contribution in [2.45, 2.75) is 91.5 Å². The molecule has 104 heavy (non-hydrogen) atoms. The van der Waals surface area contributed by atoms with E-state index in [1.165, 1.54) is 31.4 Å². The van der Waals surface area contributed by atoms with Gasteiger partial charge < -0.3 is 78.2 Å². The van der Waals surface area contributed by atoms with E-state index in [2.05, 4.69) is 28.3 Å². The molecule has 9 atom stereocenters. The Morgan fingerprint density at radius 1 is 0.625 bits per heavy atom. The smallest absolute Gasteiger partial charge is 0.339 e. The molecule has 7 aromatic rings. The van der Waals surface area contributed by atoms with Gasteiger partial charge in [0, 0.05) is 43.0 Å². The highest BCUT2D eigenvalue weighted by molar-refractivity contribution is 8.00. The molecule has 25 nitrogen and oxygen atoms in total. The average molecular weight is 1500 g/mol. The predicted molar refractivity (Wildman–Crippen MR) is 397 cm³/mol. The fourth-order valence-electron chi connectivity index (χ4n) is 9.42. The first-order chi connectivity index (χ1) is 50.0. The topological polar surface area (TPSA) is 320 Å². The number of nitrogens with zero attached hydrogens (tertiary/aromatic N) is 2. The van der Waals surface area contributed by atoms with Gasteiger partial charge in [0.05, 0.1) is 77.2 Å². The summed E-state index contributed by atoms with van der Waals surface area (Å²) in [5.74, 6) is 0.859. The third-order valence-electron chi connectivity index (χ3n) is 14.7. The van der Waals surface area contributed by atoms with Gasteiger partial charge in [0.1, 0.15) is 47.1 Å². The van der Waals surface area contributed by atoms with E-state index in [-0.39, 0.29) is 41.5 Å². The van der Waals surface area contributed by atoms with Crippen LogP contribution in [0.5, 0.6) is 28.7 Å². The number of nitrogens with one attached hydrogen (secondary N) is 1. The van der Waals surface area contributed by atoms with Crippen LogP contribution in [0, 0.1) is 6.92 Å². The third kappa shape index (κ3) is 27.4. The summed E-state index contributed by atoms with van der Waals surface area (Å²) in [6.45, 7) is 13.7. The minimum atomic E-state index is -1.95. The third-order valence-corrected chi connectivity index (χ3v) is 18.2. The second-order valence-electron chi connectivity index (χ2n) is 22.0. The summed E-state index contributed by atoms with van der Waals surface area (Å²) in [5.41, 5.74) is 5.73. The van der Waals surface area contributed by atoms with Crippen LogP contribution in [0.1, 0.15) is 78.2 Å². The lowest BCUT2D eigenvalue weighted by atomic mass is 10.0. The molecule has 3 aliphatic rings. The number of aliphatic hydroxyl groups excluding tert-OH is 4. The number of anilines is 2. The molecular formula is C76H93N3O22S3. The summed E-state index contributed by atoms with van der Waals surface area (Å²) in [5, 5.41) is 38.7. The van der Waals surface area contributed by atoms with Gasteiger partial charge >= 0.3 is 35.2 Å². The number of aryl methyl sites for hydroxylation is 1. The summed E-state index contributed by atoms with van der Waals surface area (Å²) in [6, 6.07) is 51.6. The molecule has 28 heteroatoms. The van der Waals surface area contributed by atoms with Crippen molar-refractivity contribution in [2.75, 3.05) is 99.9 Å².